The zero-order valence-electron chi connectivity index (χ0n) is 27.4. The molecule has 1 unspecified atom stereocenters. The van der Waals surface area contributed by atoms with Gasteiger partial charge in [0.2, 0.25) is 5.91 Å². The van der Waals surface area contributed by atoms with Crippen LogP contribution in [-0.2, 0) is 40.3 Å². The minimum atomic E-state index is -4.81. The van der Waals surface area contributed by atoms with E-state index in [1.54, 1.807) is 0 Å². The van der Waals surface area contributed by atoms with E-state index in [9.17, 15) is 50.5 Å². The molecule has 0 heterocycles. The number of rotatable bonds is 15. The minimum absolute atomic E-state index is 0.0511. The number of carbonyl (C=O) groups excluding carboxylic acids is 1. The summed E-state index contributed by atoms with van der Waals surface area (Å²) in [7, 11) is -8.79. The average Bonchev–Trinajstić information content (AvgIpc) is 3.09. The minimum Gasteiger partial charge on any atom is -0.768 e. The van der Waals surface area contributed by atoms with Crippen molar-refractivity contribution in [3.05, 3.63) is 90.5 Å². The zero-order chi connectivity index (χ0) is 39.8. The van der Waals surface area contributed by atoms with Crippen LogP contribution in [0.1, 0.15) is 22.8 Å². The molecular weight excluding hydrogens is 775 g/mol. The Morgan fingerprint density at radius 1 is 0.833 bits per heavy atom. The second kappa shape index (κ2) is 17.1. The van der Waals surface area contributed by atoms with E-state index < -0.39 is 84.0 Å². The Morgan fingerprint density at radius 3 is 1.96 bits per heavy atom. The van der Waals surface area contributed by atoms with Gasteiger partial charge in [0.15, 0.2) is 21.3 Å². The van der Waals surface area contributed by atoms with Gasteiger partial charge in [-0.15, -0.1) is 15.3 Å². The number of aromatic carboxylic acids is 1. The maximum Gasteiger partial charge on any atom is 0.397 e. The molecule has 0 aliphatic heterocycles. The fourth-order valence-corrected chi connectivity index (χ4v) is 6.00. The summed E-state index contributed by atoms with van der Waals surface area (Å²) in [5, 5.41) is 57.2. The molecule has 0 bridgehead atoms. The highest BCUT2D eigenvalue weighted by molar-refractivity contribution is 7.91. The Balaban J connectivity index is 1.59. The normalized spacial score (nSPS) is 12.7. The molecule has 0 spiro atoms. The third-order valence-corrected chi connectivity index (χ3v) is 9.52. The van der Waals surface area contributed by atoms with Crippen LogP contribution in [0, 0.1) is 0 Å². The number of hydrogen-bond donors (Lipinski definition) is 5. The Hall–Kier alpha value is -6.11. The first-order valence-corrected chi connectivity index (χ1v) is 18.8. The molecule has 0 radical (unpaired) electrons. The number of carboxylic acid groups (broad SMARTS) is 1. The number of nitrogens with zero attached hydrogens (tertiary/aromatic N) is 6. The van der Waals surface area contributed by atoms with Gasteiger partial charge in [-0.05, 0) is 77.3 Å². The first-order chi connectivity index (χ1) is 25.3. The molecule has 4 aromatic carbocycles. The molecular formula is C31H26N7O13S3-. The van der Waals surface area contributed by atoms with Gasteiger partial charge >= 0.3 is 16.4 Å². The monoisotopic (exact) mass is 800 g/mol. The predicted octanol–water partition coefficient (Wildman–Crippen LogP) is 6.44. The lowest BCUT2D eigenvalue weighted by Gasteiger charge is -2.09. The van der Waals surface area contributed by atoms with Gasteiger partial charge in [0.05, 0.1) is 45.6 Å². The fraction of sp³-hybridized carbons (Fsp3) is 0.0968. The summed E-state index contributed by atoms with van der Waals surface area (Å²) in [6, 6.07) is 15.3. The van der Waals surface area contributed by atoms with Gasteiger partial charge in [-0.1, -0.05) is 18.7 Å². The Kier molecular flexibility index (Phi) is 12.9. The van der Waals surface area contributed by atoms with Crippen molar-refractivity contribution in [2.75, 3.05) is 17.7 Å². The van der Waals surface area contributed by atoms with Crippen LogP contribution in [0.25, 0.3) is 4.91 Å². The smallest absolute Gasteiger partial charge is 0.397 e. The number of benzene rings is 4. The number of carbonyl (C=O) groups is 2. The van der Waals surface area contributed by atoms with Crippen LogP contribution in [0.3, 0.4) is 0 Å². The van der Waals surface area contributed by atoms with Gasteiger partial charge < -0.3 is 25.2 Å². The molecule has 1 amide bonds. The number of aromatic hydroxyl groups is 2. The molecule has 4 rings (SSSR count). The van der Waals surface area contributed by atoms with E-state index in [0.29, 0.717) is 0 Å². The molecule has 0 aromatic heterocycles. The van der Waals surface area contributed by atoms with Crippen LogP contribution in [0.4, 0.5) is 39.8 Å². The first kappa shape index (κ1) is 40.7. The largest absolute Gasteiger partial charge is 0.768 e. The second-order valence-corrected chi connectivity index (χ2v) is 14.7. The van der Waals surface area contributed by atoms with E-state index in [2.05, 4.69) is 46.8 Å². The van der Waals surface area contributed by atoms with E-state index in [1.165, 1.54) is 73.7 Å². The van der Waals surface area contributed by atoms with Gasteiger partial charge in [0, 0.05) is 11.8 Å². The van der Waals surface area contributed by atoms with Gasteiger partial charge in [0.1, 0.15) is 17.1 Å². The highest BCUT2D eigenvalue weighted by atomic mass is 32.3. The number of hydrogen-bond acceptors (Lipinski definition) is 17. The number of nitrogens with one attached hydrogen (secondary N) is 1. The summed E-state index contributed by atoms with van der Waals surface area (Å²) in [5.41, 5.74) is -0.959. The quantitative estimate of drug-likeness (QED) is 0.0491. The zero-order valence-corrected chi connectivity index (χ0v) is 29.9. The number of azo groups is 3. The summed E-state index contributed by atoms with van der Waals surface area (Å²) < 4.78 is 81.1. The fourth-order valence-electron chi connectivity index (χ4n) is 4.18. The van der Waals surface area contributed by atoms with Crippen LogP contribution in [0.15, 0.2) is 115 Å². The molecule has 1 atom stereocenters. The summed E-state index contributed by atoms with van der Waals surface area (Å²) in [6.45, 7) is 3.85. The summed E-state index contributed by atoms with van der Waals surface area (Å²) in [4.78, 5) is 23.5. The highest BCUT2D eigenvalue weighted by Gasteiger charge is 2.22. The van der Waals surface area contributed by atoms with Crippen LogP contribution in [0.2, 0.25) is 0 Å². The maximum absolute atomic E-state index is 12.4. The van der Waals surface area contributed by atoms with Gasteiger partial charge in [0.25, 0.3) is 0 Å². The van der Waals surface area contributed by atoms with Crippen molar-refractivity contribution in [3.8, 4) is 11.5 Å². The standard InChI is InChI=1S/C31H27N7O13S3/c1-17(52(44)45)19-3-5-20(6-4-19)34-37-28-24(31(42)43)16-27(40)29(30(28)41)38-35-22-9-12-25(26(15-22)32-18(2)39)36-33-21-7-10-23(11-8-21)53(46,47)14-13-51-54(48,49)50/h3-12,15-16,40-41H,1,13-14H2,2H3,(H,32,39)(H,42,43)(H,44,45)(H,48,49,50)/p-1. The molecule has 0 aliphatic rings. The van der Waals surface area contributed by atoms with Crippen LogP contribution in [0.5, 0.6) is 11.5 Å². The molecule has 54 heavy (non-hydrogen) atoms. The SMILES string of the molecule is C=C(c1ccc(N=Nc2c(C(=O)O)cc(O)c(N=Nc3ccc(N=Nc4ccc(S(=O)(=O)CCOS(=O)(=O)O)cc4)c(NC(C)=O)c3)c2O)cc1)S(=O)[O-]. The molecule has 20 nitrogen and oxygen atoms in total. The van der Waals surface area contributed by atoms with Gasteiger partial charge in [-0.2, -0.15) is 23.8 Å². The molecule has 4 aromatic rings. The van der Waals surface area contributed by atoms with Crippen molar-refractivity contribution >= 4 is 87.9 Å². The average molecular weight is 801 g/mol. The number of phenolic OH excluding ortho intramolecular Hbond substituents is 2. The third-order valence-electron chi connectivity index (χ3n) is 6.72. The number of anilines is 1. The van der Waals surface area contributed by atoms with Crippen molar-refractivity contribution < 1.29 is 59.2 Å². The van der Waals surface area contributed by atoms with Crippen molar-refractivity contribution in [3.63, 3.8) is 0 Å². The summed E-state index contributed by atoms with van der Waals surface area (Å²) >= 11 is -2.56. The van der Waals surface area contributed by atoms with Crippen molar-refractivity contribution in [1.29, 1.82) is 0 Å². The lowest BCUT2D eigenvalue weighted by Crippen LogP contribution is -2.15. The van der Waals surface area contributed by atoms with Crippen LogP contribution < -0.4 is 5.32 Å². The van der Waals surface area contributed by atoms with E-state index in [4.69, 9.17) is 4.55 Å². The molecule has 0 aliphatic carbocycles. The number of sulfone groups is 1. The summed E-state index contributed by atoms with van der Waals surface area (Å²) in [5.74, 6) is -4.50. The summed E-state index contributed by atoms with van der Waals surface area (Å²) in [6.07, 6.45) is 0. The van der Waals surface area contributed by atoms with Gasteiger partial charge in [-0.3, -0.25) is 13.6 Å². The molecule has 0 saturated carbocycles. The van der Waals surface area contributed by atoms with Crippen molar-refractivity contribution in [2.45, 2.75) is 11.8 Å². The topological polar surface area (TPSA) is 319 Å². The second-order valence-electron chi connectivity index (χ2n) is 10.5. The number of amides is 1. The first-order valence-electron chi connectivity index (χ1n) is 14.7. The molecule has 0 saturated heterocycles. The van der Waals surface area contributed by atoms with Crippen LogP contribution in [-0.4, -0.2) is 69.7 Å². The molecule has 0 fully saturated rings. The Morgan fingerprint density at radius 2 is 1.39 bits per heavy atom. The number of phenols is 2. The van der Waals surface area contributed by atoms with E-state index in [0.717, 1.165) is 6.07 Å². The lowest BCUT2D eigenvalue weighted by atomic mass is 10.1. The van der Waals surface area contributed by atoms with Gasteiger partial charge in [-0.25, -0.2) is 17.4 Å². The van der Waals surface area contributed by atoms with Crippen LogP contribution >= 0.6 is 0 Å². The van der Waals surface area contributed by atoms with Crippen molar-refractivity contribution in [1.82, 2.24) is 0 Å². The Bertz CT molecular complexity index is 2450. The van der Waals surface area contributed by atoms with E-state index >= 15 is 0 Å². The highest BCUT2D eigenvalue weighted by Crippen LogP contribution is 2.47. The number of carboxylic acids is 1. The molecule has 5 N–H and O–H groups in total. The molecule has 282 valence electrons. The lowest BCUT2D eigenvalue weighted by molar-refractivity contribution is -0.114. The maximum atomic E-state index is 12.4. The third kappa shape index (κ3) is 11.0. The van der Waals surface area contributed by atoms with E-state index in [-0.39, 0.29) is 43.8 Å². The van der Waals surface area contributed by atoms with E-state index in [1.807, 2.05) is 0 Å². The van der Waals surface area contributed by atoms with Crippen molar-refractivity contribution in [2.24, 2.45) is 30.7 Å². The molecule has 23 heteroatoms. The Labute approximate surface area is 308 Å². The predicted molar refractivity (Wildman–Crippen MR) is 190 cm³/mol.